The van der Waals surface area contributed by atoms with Gasteiger partial charge in [0.2, 0.25) is 5.91 Å². The molecule has 2 N–H and O–H groups in total. The summed E-state index contributed by atoms with van der Waals surface area (Å²) in [6, 6.07) is 8.00. The van der Waals surface area contributed by atoms with Gasteiger partial charge in [0, 0.05) is 11.1 Å². The lowest BCUT2D eigenvalue weighted by Gasteiger charge is -2.33. The zero-order valence-electron chi connectivity index (χ0n) is 15.9. The monoisotopic (exact) mass is 360 g/mol. The largest absolute Gasteiger partial charge is 0.350 e. The summed E-state index contributed by atoms with van der Waals surface area (Å²) in [7, 11) is 0. The number of H-pyrrole nitrogens is 1. The van der Waals surface area contributed by atoms with Crippen LogP contribution >= 0.6 is 12.2 Å². The number of nitrogens with zero attached hydrogens (tertiary/aromatic N) is 2. The molecule has 0 saturated carbocycles. The molecule has 2 rings (SSSR count). The lowest BCUT2D eigenvalue weighted by atomic mass is 9.82. The smallest absolute Gasteiger partial charge is 0.240 e. The van der Waals surface area contributed by atoms with E-state index in [1.165, 1.54) is 5.56 Å². The highest BCUT2D eigenvalue weighted by Crippen LogP contribution is 2.27. The average molecular weight is 361 g/mol. The summed E-state index contributed by atoms with van der Waals surface area (Å²) in [6.45, 7) is 12.8. The van der Waals surface area contributed by atoms with Gasteiger partial charge < -0.3 is 5.32 Å². The minimum absolute atomic E-state index is 0.0693. The van der Waals surface area contributed by atoms with E-state index in [9.17, 15) is 4.79 Å². The second-order valence-corrected chi connectivity index (χ2v) is 8.86. The van der Waals surface area contributed by atoms with Crippen molar-refractivity contribution in [2.24, 2.45) is 5.41 Å². The zero-order chi connectivity index (χ0) is 18.8. The van der Waals surface area contributed by atoms with Gasteiger partial charge >= 0.3 is 0 Å². The highest BCUT2D eigenvalue weighted by molar-refractivity contribution is 7.71. The molecule has 2 aromatic rings. The topological polar surface area (TPSA) is 62.7 Å². The number of rotatable bonds is 5. The van der Waals surface area contributed by atoms with Gasteiger partial charge in [0.15, 0.2) is 10.6 Å². The van der Waals surface area contributed by atoms with Crippen molar-refractivity contribution in [2.75, 3.05) is 0 Å². The minimum Gasteiger partial charge on any atom is -0.350 e. The number of aromatic amines is 1. The van der Waals surface area contributed by atoms with E-state index in [-0.39, 0.29) is 23.4 Å². The second kappa shape index (κ2) is 7.12. The Morgan fingerprint density at radius 3 is 2.36 bits per heavy atom. The highest BCUT2D eigenvalue weighted by Gasteiger charge is 2.27. The molecule has 1 heterocycles. The van der Waals surface area contributed by atoms with Gasteiger partial charge in [-0.2, -0.15) is 5.10 Å². The predicted molar refractivity (Wildman–Crippen MR) is 104 cm³/mol. The van der Waals surface area contributed by atoms with Gasteiger partial charge in [-0.05, 0) is 44.8 Å². The fraction of sp³-hybridized carbons (Fsp3) is 0.526. The summed E-state index contributed by atoms with van der Waals surface area (Å²) in [5.41, 5.74) is 1.95. The Balaban J connectivity index is 2.18. The molecule has 0 spiro atoms. The Labute approximate surface area is 154 Å². The van der Waals surface area contributed by atoms with Crippen molar-refractivity contribution in [1.29, 1.82) is 0 Å². The second-order valence-electron chi connectivity index (χ2n) is 8.47. The maximum Gasteiger partial charge on any atom is 0.240 e. The number of hydrogen-bond acceptors (Lipinski definition) is 3. The molecular weight excluding hydrogens is 332 g/mol. The Hall–Kier alpha value is -1.95. The quantitative estimate of drug-likeness (QED) is 0.784. The molecule has 0 radical (unpaired) electrons. The van der Waals surface area contributed by atoms with Crippen LogP contribution in [-0.2, 0) is 11.3 Å². The number of aromatic nitrogens is 3. The third-order valence-electron chi connectivity index (χ3n) is 3.82. The van der Waals surface area contributed by atoms with E-state index in [4.69, 9.17) is 12.2 Å². The van der Waals surface area contributed by atoms with Crippen LogP contribution in [0, 0.1) is 17.1 Å². The van der Waals surface area contributed by atoms with Crippen LogP contribution in [0.25, 0.3) is 11.4 Å². The van der Waals surface area contributed by atoms with E-state index < -0.39 is 0 Å². The van der Waals surface area contributed by atoms with Crippen molar-refractivity contribution >= 4 is 18.1 Å². The van der Waals surface area contributed by atoms with Crippen LogP contribution in [0.15, 0.2) is 24.3 Å². The van der Waals surface area contributed by atoms with E-state index in [1.54, 1.807) is 4.57 Å². The van der Waals surface area contributed by atoms with E-state index in [2.05, 4.69) is 36.3 Å². The number of nitrogens with one attached hydrogen (secondary N) is 2. The van der Waals surface area contributed by atoms with Crippen molar-refractivity contribution in [3.63, 3.8) is 0 Å². The van der Waals surface area contributed by atoms with Crippen molar-refractivity contribution in [3.05, 3.63) is 34.6 Å². The molecule has 0 unspecified atom stereocenters. The van der Waals surface area contributed by atoms with Gasteiger partial charge in [-0.1, -0.05) is 50.6 Å². The van der Waals surface area contributed by atoms with Crippen molar-refractivity contribution in [2.45, 2.75) is 60.0 Å². The zero-order valence-corrected chi connectivity index (χ0v) is 16.8. The van der Waals surface area contributed by atoms with Gasteiger partial charge in [0.25, 0.3) is 0 Å². The van der Waals surface area contributed by atoms with Gasteiger partial charge in [0.1, 0.15) is 6.54 Å². The van der Waals surface area contributed by atoms with Gasteiger partial charge in [-0.25, -0.2) is 0 Å². The third-order valence-corrected chi connectivity index (χ3v) is 4.13. The summed E-state index contributed by atoms with van der Waals surface area (Å²) in [5.74, 6) is 0.605. The molecule has 0 bridgehead atoms. The van der Waals surface area contributed by atoms with Gasteiger partial charge in [0.05, 0.1) is 0 Å². The summed E-state index contributed by atoms with van der Waals surface area (Å²) < 4.78 is 2.18. The summed E-state index contributed by atoms with van der Waals surface area (Å²) >= 11 is 5.31. The van der Waals surface area contributed by atoms with Crippen LogP contribution in [0.2, 0.25) is 0 Å². The minimum atomic E-state index is -0.286. The Bertz CT molecular complexity index is 794. The molecule has 25 heavy (non-hydrogen) atoms. The van der Waals surface area contributed by atoms with Crippen LogP contribution in [0.1, 0.15) is 46.6 Å². The van der Waals surface area contributed by atoms with Crippen LogP contribution in [-0.4, -0.2) is 26.2 Å². The van der Waals surface area contributed by atoms with Crippen molar-refractivity contribution in [1.82, 2.24) is 20.1 Å². The molecule has 0 aliphatic heterocycles. The summed E-state index contributed by atoms with van der Waals surface area (Å²) in [6.07, 6.45) is 0.882. The van der Waals surface area contributed by atoms with E-state index in [0.29, 0.717) is 10.6 Å². The molecule has 1 aromatic carbocycles. The molecule has 1 aromatic heterocycles. The first-order valence-corrected chi connectivity index (χ1v) is 8.91. The molecule has 0 fully saturated rings. The molecule has 0 aliphatic carbocycles. The van der Waals surface area contributed by atoms with Gasteiger partial charge in [-0.15, -0.1) is 0 Å². The van der Waals surface area contributed by atoms with Crippen LogP contribution in [0.5, 0.6) is 0 Å². The first-order valence-electron chi connectivity index (χ1n) is 8.50. The molecule has 1 amide bonds. The van der Waals surface area contributed by atoms with Crippen LogP contribution in [0.3, 0.4) is 0 Å². The van der Waals surface area contributed by atoms with E-state index >= 15 is 0 Å². The highest BCUT2D eigenvalue weighted by atomic mass is 32.1. The van der Waals surface area contributed by atoms with Gasteiger partial charge in [-0.3, -0.25) is 14.5 Å². The number of hydrogen-bond donors (Lipinski definition) is 2. The third kappa shape index (κ3) is 5.53. The average Bonchev–Trinajstić information content (AvgIpc) is 2.77. The number of carbonyl (C=O) groups excluding carboxylic acids is 1. The Kier molecular flexibility index (Phi) is 5.52. The molecule has 0 atom stereocenters. The fourth-order valence-corrected chi connectivity index (χ4v) is 3.51. The maximum absolute atomic E-state index is 12.6. The first-order chi connectivity index (χ1) is 11.5. The Morgan fingerprint density at radius 1 is 1.20 bits per heavy atom. The lowest BCUT2D eigenvalue weighted by molar-refractivity contribution is -0.123. The number of aryl methyl sites for hydroxylation is 1. The molecule has 6 heteroatoms. The Morgan fingerprint density at radius 2 is 1.80 bits per heavy atom. The normalized spacial score (nSPS) is 12.2. The first kappa shape index (κ1) is 19.4. The molecule has 5 nitrogen and oxygen atoms in total. The molecule has 136 valence electrons. The fourth-order valence-electron chi connectivity index (χ4n) is 3.32. The number of carbonyl (C=O) groups is 1. The van der Waals surface area contributed by atoms with E-state index in [0.717, 1.165) is 12.0 Å². The van der Waals surface area contributed by atoms with Crippen LogP contribution in [0.4, 0.5) is 0 Å². The maximum atomic E-state index is 12.6. The number of benzene rings is 1. The summed E-state index contributed by atoms with van der Waals surface area (Å²) in [5, 5.41) is 10.2. The van der Waals surface area contributed by atoms with Crippen molar-refractivity contribution in [3.8, 4) is 11.4 Å². The van der Waals surface area contributed by atoms with Crippen LogP contribution < -0.4 is 5.32 Å². The lowest BCUT2D eigenvalue weighted by Crippen LogP contribution is -2.47. The molecule has 0 aliphatic rings. The number of amides is 1. The standard InChI is InChI=1S/C19H28N4OS/c1-13-7-9-14(10-8-13)16-21-22-17(25)23(16)11-15(24)20-19(5,6)12-18(2,3)4/h7-10H,11-12H2,1-6H3,(H,20,24)(H,22,25). The van der Waals surface area contributed by atoms with E-state index in [1.807, 2.05) is 45.0 Å². The molecule has 0 saturated heterocycles. The molecular formula is C19H28N4OS. The summed E-state index contributed by atoms with van der Waals surface area (Å²) in [4.78, 5) is 12.6. The van der Waals surface area contributed by atoms with Crippen molar-refractivity contribution < 1.29 is 4.79 Å². The SMILES string of the molecule is Cc1ccc(-c2n[nH]c(=S)n2CC(=O)NC(C)(C)CC(C)(C)C)cc1. The predicted octanol–water partition coefficient (Wildman–Crippen LogP) is 4.25.